The first-order valence-electron chi connectivity index (χ1n) is 22.5. The molecule has 4 nitrogen and oxygen atoms in total. The first kappa shape index (κ1) is 52.4. The molecule has 0 fully saturated rings. The summed E-state index contributed by atoms with van der Waals surface area (Å²) in [5.41, 5.74) is 12.6. The van der Waals surface area contributed by atoms with E-state index < -0.39 is 0 Å². The second kappa shape index (κ2) is 30.4. The number of methoxy groups -OCH3 is 2. The number of carbonyl (C=O) groups excluding carboxylic acids is 2. The molecule has 0 aromatic carbocycles. The van der Waals surface area contributed by atoms with Crippen LogP contribution in [0.25, 0.3) is 0 Å². The summed E-state index contributed by atoms with van der Waals surface area (Å²) in [4.78, 5) is 25.5. The number of hydrogen-bond donors (Lipinski definition) is 0. The number of Topliss-reactive ketones (excluding diaryl/α,β-unsaturated/α-hetero) is 2. The molecule has 0 aromatic heterocycles. The van der Waals surface area contributed by atoms with Crippen LogP contribution in [0.3, 0.4) is 0 Å². The van der Waals surface area contributed by atoms with Crippen LogP contribution in [0.2, 0.25) is 0 Å². The largest absolute Gasteiger partial charge is 0.489 e. The molecule has 0 aromatic rings. The van der Waals surface area contributed by atoms with Crippen LogP contribution in [0.5, 0.6) is 0 Å². The molecule has 1 aliphatic rings. The molecule has 0 heterocycles. The second-order valence-corrected chi connectivity index (χ2v) is 17.5. The Morgan fingerprint density at radius 3 is 1.02 bits per heavy atom. The number of allylic oxidation sites excluding steroid dienone is 18. The number of ether oxygens (including phenoxy) is 2. The molecule has 0 aliphatic heterocycles. The van der Waals surface area contributed by atoms with Gasteiger partial charge in [0, 0.05) is 11.1 Å². The van der Waals surface area contributed by atoms with Gasteiger partial charge in [-0.1, -0.05) is 113 Å². The normalized spacial score (nSPS) is 16.1. The molecule has 0 radical (unpaired) electrons. The summed E-state index contributed by atoms with van der Waals surface area (Å²) in [5, 5.41) is 0. The monoisotopic (exact) mass is 797 g/mol. The molecule has 0 amide bonds. The lowest BCUT2D eigenvalue weighted by molar-refractivity contribution is -0.121. The van der Waals surface area contributed by atoms with Crippen LogP contribution >= 0.6 is 0 Å². The van der Waals surface area contributed by atoms with E-state index in [2.05, 4.69) is 118 Å². The molecule has 0 saturated heterocycles. The standard InChI is InChI=1S/C54H84O4/c1-40(2)22-14-23-41(3)24-15-25-42(4)26-16-27-43(5)28-17-29-44(6)30-18-31-45(7)32-19-33-46(8)34-20-35-47(9)36-21-37-48(10)38-39-50-49(11)51(55)53(57-12)54(58-13)52(50)56/h24,26,28,30,32,34,36,38,40H,14-23,25,27,29,31,33,35,37,39H2,1-13H3. The summed E-state index contributed by atoms with van der Waals surface area (Å²) in [6.45, 7) is 24.3. The molecule has 0 atom stereocenters. The molecule has 1 aliphatic carbocycles. The lowest BCUT2D eigenvalue weighted by atomic mass is 9.90. The lowest BCUT2D eigenvalue weighted by Gasteiger charge is -2.19. The Balaban J connectivity index is 2.32. The van der Waals surface area contributed by atoms with E-state index in [-0.39, 0.29) is 23.1 Å². The number of carbonyl (C=O) groups is 2. The van der Waals surface area contributed by atoms with Crippen molar-refractivity contribution in [3.05, 3.63) is 116 Å². The molecule has 0 bridgehead atoms. The summed E-state index contributed by atoms with van der Waals surface area (Å²) >= 11 is 0. The predicted molar refractivity (Wildman–Crippen MR) is 252 cm³/mol. The molecule has 0 unspecified atom stereocenters. The summed E-state index contributed by atoms with van der Waals surface area (Å²) in [6, 6.07) is 0. The maximum Gasteiger partial charge on any atom is 0.228 e. The Hall–Kier alpha value is -3.66. The number of hydrogen-bond acceptors (Lipinski definition) is 4. The highest BCUT2D eigenvalue weighted by Crippen LogP contribution is 2.28. The van der Waals surface area contributed by atoms with Crippen molar-refractivity contribution in [2.75, 3.05) is 14.2 Å². The topological polar surface area (TPSA) is 52.6 Å². The minimum absolute atomic E-state index is 0.00595. The first-order valence-corrected chi connectivity index (χ1v) is 22.5. The summed E-state index contributed by atoms with van der Waals surface area (Å²) in [6.07, 6.45) is 38.9. The summed E-state index contributed by atoms with van der Waals surface area (Å²) in [5.74, 6) is 0.244. The zero-order chi connectivity index (χ0) is 43.5. The third kappa shape index (κ3) is 23.1. The van der Waals surface area contributed by atoms with E-state index in [1.54, 1.807) is 12.5 Å². The van der Waals surface area contributed by atoms with Gasteiger partial charge in [0.1, 0.15) is 0 Å². The fraction of sp³-hybridized carbons (Fsp3) is 0.593. The van der Waals surface area contributed by atoms with E-state index in [0.717, 1.165) is 76.5 Å². The minimum atomic E-state index is -0.283. The molecule has 0 spiro atoms. The van der Waals surface area contributed by atoms with Crippen molar-refractivity contribution in [2.24, 2.45) is 5.92 Å². The molecule has 1 rings (SSSR count). The van der Waals surface area contributed by atoms with Crippen LogP contribution in [0.4, 0.5) is 0 Å². The van der Waals surface area contributed by atoms with Gasteiger partial charge in [0.15, 0.2) is 0 Å². The zero-order valence-corrected chi connectivity index (χ0v) is 39.6. The van der Waals surface area contributed by atoms with Crippen molar-refractivity contribution in [3.63, 3.8) is 0 Å². The van der Waals surface area contributed by atoms with E-state index in [1.807, 2.05) is 0 Å². The van der Waals surface area contributed by atoms with Crippen molar-refractivity contribution in [2.45, 2.75) is 192 Å². The molecule has 0 saturated carbocycles. The van der Waals surface area contributed by atoms with Crippen LogP contribution in [-0.2, 0) is 19.1 Å². The Morgan fingerprint density at radius 1 is 0.448 bits per heavy atom. The highest BCUT2D eigenvalue weighted by Gasteiger charge is 2.34. The number of rotatable bonds is 29. The van der Waals surface area contributed by atoms with Gasteiger partial charge in [0.25, 0.3) is 0 Å². The second-order valence-electron chi connectivity index (χ2n) is 17.5. The zero-order valence-electron chi connectivity index (χ0n) is 39.6. The van der Waals surface area contributed by atoms with Gasteiger partial charge < -0.3 is 9.47 Å². The first-order chi connectivity index (χ1) is 27.6. The Labute approximate surface area is 357 Å². The van der Waals surface area contributed by atoms with Crippen molar-refractivity contribution in [3.8, 4) is 0 Å². The SMILES string of the molecule is COC1=C(OC)C(=O)C(CC=C(C)CCC=C(C)CCC=C(C)CCC=C(C)CCC=C(C)CCC=C(C)CCC=C(C)CCC=C(C)CCCC(C)C)=C(C)C1=O. The minimum Gasteiger partial charge on any atom is -0.489 e. The van der Waals surface area contributed by atoms with Gasteiger partial charge in [0.2, 0.25) is 23.1 Å². The molecular formula is C54H84O4. The highest BCUT2D eigenvalue weighted by molar-refractivity contribution is 6.23. The number of ketones is 2. The Morgan fingerprint density at radius 2 is 0.724 bits per heavy atom. The van der Waals surface area contributed by atoms with E-state index in [9.17, 15) is 9.59 Å². The van der Waals surface area contributed by atoms with Crippen LogP contribution in [0.1, 0.15) is 192 Å². The van der Waals surface area contributed by atoms with Crippen molar-refractivity contribution in [1.82, 2.24) is 0 Å². The van der Waals surface area contributed by atoms with E-state index in [1.165, 1.54) is 91.8 Å². The average molecular weight is 797 g/mol. The average Bonchev–Trinajstić information content (AvgIpc) is 3.16. The van der Waals surface area contributed by atoms with Gasteiger partial charge in [0.05, 0.1) is 14.2 Å². The smallest absolute Gasteiger partial charge is 0.228 e. The maximum atomic E-state index is 12.9. The van der Waals surface area contributed by atoms with Crippen LogP contribution in [0.15, 0.2) is 116 Å². The van der Waals surface area contributed by atoms with Crippen molar-refractivity contribution < 1.29 is 19.1 Å². The van der Waals surface area contributed by atoms with Crippen LogP contribution < -0.4 is 0 Å². The summed E-state index contributed by atoms with van der Waals surface area (Å²) < 4.78 is 10.3. The molecule has 0 N–H and O–H groups in total. The molecule has 324 valence electrons. The van der Waals surface area contributed by atoms with E-state index in [4.69, 9.17) is 9.47 Å². The fourth-order valence-corrected chi connectivity index (χ4v) is 7.14. The van der Waals surface area contributed by atoms with Crippen LogP contribution in [-0.4, -0.2) is 25.8 Å². The van der Waals surface area contributed by atoms with Gasteiger partial charge in [-0.15, -0.1) is 0 Å². The van der Waals surface area contributed by atoms with Crippen molar-refractivity contribution in [1.29, 1.82) is 0 Å². The van der Waals surface area contributed by atoms with E-state index in [0.29, 0.717) is 17.6 Å². The van der Waals surface area contributed by atoms with Crippen LogP contribution in [0, 0.1) is 5.92 Å². The quantitative estimate of drug-likeness (QED) is 0.0559. The summed E-state index contributed by atoms with van der Waals surface area (Å²) in [7, 11) is 2.78. The Bertz CT molecular complexity index is 1620. The third-order valence-corrected chi connectivity index (χ3v) is 11.3. The van der Waals surface area contributed by atoms with E-state index >= 15 is 0 Å². The van der Waals surface area contributed by atoms with Gasteiger partial charge in [-0.3, -0.25) is 9.59 Å². The van der Waals surface area contributed by atoms with Crippen molar-refractivity contribution >= 4 is 11.6 Å². The Kier molecular flexibility index (Phi) is 27.4. The molecular weight excluding hydrogens is 713 g/mol. The van der Waals surface area contributed by atoms with Gasteiger partial charge in [-0.05, 0) is 177 Å². The van der Waals surface area contributed by atoms with Gasteiger partial charge in [-0.2, -0.15) is 0 Å². The maximum absolute atomic E-state index is 12.9. The van der Waals surface area contributed by atoms with Gasteiger partial charge in [-0.25, -0.2) is 0 Å². The molecule has 4 heteroatoms. The molecule has 58 heavy (non-hydrogen) atoms. The van der Waals surface area contributed by atoms with Gasteiger partial charge >= 0.3 is 0 Å². The fourth-order valence-electron chi connectivity index (χ4n) is 7.14. The predicted octanol–water partition coefficient (Wildman–Crippen LogP) is 16.2. The third-order valence-electron chi connectivity index (χ3n) is 11.3. The highest BCUT2D eigenvalue weighted by atomic mass is 16.5. The lowest BCUT2D eigenvalue weighted by Crippen LogP contribution is -2.24.